The number of rotatable bonds is 5. The van der Waals surface area contributed by atoms with Crippen LogP contribution in [0.5, 0.6) is 0 Å². The Morgan fingerprint density at radius 2 is 2.25 bits per heavy atom. The van der Waals surface area contributed by atoms with E-state index in [2.05, 4.69) is 15.6 Å². The molecule has 2 aromatic rings. The lowest BCUT2D eigenvalue weighted by Gasteiger charge is -2.24. The fourth-order valence-electron chi connectivity index (χ4n) is 2.68. The highest BCUT2D eigenvalue weighted by atomic mass is 35.5. The van der Waals surface area contributed by atoms with Crippen molar-refractivity contribution in [2.75, 3.05) is 25.0 Å². The van der Waals surface area contributed by atoms with Gasteiger partial charge in [0, 0.05) is 37.4 Å². The Morgan fingerprint density at radius 3 is 2.96 bits per heavy atom. The number of benzene rings is 1. The summed E-state index contributed by atoms with van der Waals surface area (Å²) in [6, 6.07) is 8.74. The van der Waals surface area contributed by atoms with Crippen LogP contribution in [0, 0.1) is 5.82 Å². The number of aromatic nitrogens is 1. The van der Waals surface area contributed by atoms with E-state index in [1.165, 1.54) is 6.07 Å². The molecule has 1 saturated heterocycles. The molecule has 1 aromatic heterocycles. The van der Waals surface area contributed by atoms with E-state index < -0.39 is 0 Å². The van der Waals surface area contributed by atoms with Gasteiger partial charge in [-0.25, -0.2) is 9.37 Å². The van der Waals surface area contributed by atoms with Crippen LogP contribution < -0.4 is 16.4 Å². The van der Waals surface area contributed by atoms with Crippen LogP contribution in [0.1, 0.15) is 22.9 Å². The summed E-state index contributed by atoms with van der Waals surface area (Å²) in [5.74, 6) is -0.274. The van der Waals surface area contributed by atoms with Crippen LogP contribution >= 0.6 is 11.6 Å². The molecule has 24 heavy (non-hydrogen) atoms. The van der Waals surface area contributed by atoms with E-state index in [1.807, 2.05) is 12.1 Å². The molecular formula is C17H20ClFN4O. The van der Waals surface area contributed by atoms with Gasteiger partial charge >= 0.3 is 0 Å². The van der Waals surface area contributed by atoms with Crippen LogP contribution in [-0.2, 0) is 17.8 Å². The minimum Gasteiger partial charge on any atom is -0.381 e. The Labute approximate surface area is 145 Å². The van der Waals surface area contributed by atoms with Crippen molar-refractivity contribution in [2.45, 2.75) is 19.2 Å². The average molecular weight is 351 g/mol. The molecule has 2 heterocycles. The Bertz CT molecular complexity index is 707. The first kappa shape index (κ1) is 17.1. The van der Waals surface area contributed by atoms with Gasteiger partial charge in [-0.05, 0) is 29.8 Å². The number of hydrogen-bond donors (Lipinski definition) is 3. The van der Waals surface area contributed by atoms with E-state index in [1.54, 1.807) is 12.1 Å². The van der Waals surface area contributed by atoms with E-state index in [0.717, 1.165) is 17.8 Å². The van der Waals surface area contributed by atoms with Crippen LogP contribution in [0.25, 0.3) is 0 Å². The van der Waals surface area contributed by atoms with Gasteiger partial charge in [-0.2, -0.15) is 0 Å². The maximum Gasteiger partial charge on any atom is 0.131 e. The summed E-state index contributed by atoms with van der Waals surface area (Å²) in [4.78, 5) is 4.12. The molecule has 1 atom stereocenters. The van der Waals surface area contributed by atoms with Gasteiger partial charge in [0.1, 0.15) is 11.0 Å². The highest BCUT2D eigenvalue weighted by Gasteiger charge is 2.19. The van der Waals surface area contributed by atoms with E-state index in [-0.39, 0.29) is 11.9 Å². The predicted octanol–water partition coefficient (Wildman–Crippen LogP) is 2.61. The molecule has 0 unspecified atom stereocenters. The van der Waals surface area contributed by atoms with Gasteiger partial charge in [0.15, 0.2) is 0 Å². The molecule has 7 heteroatoms. The highest BCUT2D eigenvalue weighted by molar-refractivity contribution is 6.29. The fourth-order valence-corrected chi connectivity index (χ4v) is 2.93. The summed E-state index contributed by atoms with van der Waals surface area (Å²) in [7, 11) is 0. The molecule has 5 nitrogen and oxygen atoms in total. The van der Waals surface area contributed by atoms with Gasteiger partial charge in [0.05, 0.1) is 18.4 Å². The Hall–Kier alpha value is -1.73. The molecule has 4 N–H and O–H groups in total. The van der Waals surface area contributed by atoms with E-state index in [0.29, 0.717) is 42.6 Å². The normalized spacial score (nSPS) is 17.7. The lowest BCUT2D eigenvalue weighted by atomic mass is 10.1. The fraction of sp³-hybridized carbons (Fsp3) is 0.353. The summed E-state index contributed by atoms with van der Waals surface area (Å²) >= 11 is 5.97. The molecular weight excluding hydrogens is 331 g/mol. The zero-order valence-corrected chi connectivity index (χ0v) is 13.9. The van der Waals surface area contributed by atoms with E-state index in [4.69, 9.17) is 22.1 Å². The van der Waals surface area contributed by atoms with Crippen LogP contribution in [-0.4, -0.2) is 24.7 Å². The second kappa shape index (κ2) is 7.90. The largest absolute Gasteiger partial charge is 0.381 e. The molecule has 1 aliphatic heterocycles. The molecule has 1 fully saturated rings. The van der Waals surface area contributed by atoms with Gasteiger partial charge in [-0.15, -0.1) is 0 Å². The maximum atomic E-state index is 14.3. The number of pyridine rings is 1. The second-order valence-electron chi connectivity index (χ2n) is 5.65. The smallest absolute Gasteiger partial charge is 0.131 e. The van der Waals surface area contributed by atoms with Gasteiger partial charge in [-0.1, -0.05) is 17.7 Å². The third-order valence-corrected chi connectivity index (χ3v) is 4.08. The molecule has 3 rings (SSSR count). The molecule has 0 bridgehead atoms. The van der Waals surface area contributed by atoms with Crippen molar-refractivity contribution >= 4 is 17.3 Å². The first-order valence-electron chi connectivity index (χ1n) is 7.87. The third kappa shape index (κ3) is 4.21. The summed E-state index contributed by atoms with van der Waals surface area (Å²) in [6.45, 7) is 2.86. The van der Waals surface area contributed by atoms with E-state index in [9.17, 15) is 4.39 Å². The quantitative estimate of drug-likeness (QED) is 0.723. The van der Waals surface area contributed by atoms with Gasteiger partial charge in [0.25, 0.3) is 0 Å². The number of hydrogen-bond acceptors (Lipinski definition) is 5. The predicted molar refractivity (Wildman–Crippen MR) is 92.4 cm³/mol. The number of nitrogens with one attached hydrogen (secondary N) is 2. The highest BCUT2D eigenvalue weighted by Crippen LogP contribution is 2.24. The van der Waals surface area contributed by atoms with Gasteiger partial charge in [0.2, 0.25) is 0 Å². The maximum absolute atomic E-state index is 14.3. The molecule has 0 spiro atoms. The minimum atomic E-state index is -0.274. The standard InChI is InChI=1S/C17H20ClFN4O/c18-17-6-11(5-13(8-20)23-17)9-22-12-1-2-14(15(19)7-12)16-10-21-3-4-24-16/h1-2,5-7,16,21-22H,3-4,8-10,20H2/t16-/m1/s1. The number of morpholine rings is 1. The van der Waals surface area contributed by atoms with E-state index >= 15 is 0 Å². The van der Waals surface area contributed by atoms with Crippen LogP contribution in [0.15, 0.2) is 30.3 Å². The summed E-state index contributed by atoms with van der Waals surface area (Å²) in [6.07, 6.45) is -0.237. The molecule has 128 valence electrons. The zero-order valence-electron chi connectivity index (χ0n) is 13.2. The number of nitrogens with two attached hydrogens (primary N) is 1. The van der Waals surface area contributed by atoms with Crippen molar-refractivity contribution in [2.24, 2.45) is 5.73 Å². The first-order chi connectivity index (χ1) is 11.7. The van der Waals surface area contributed by atoms with Gasteiger partial charge < -0.3 is 21.1 Å². The SMILES string of the molecule is NCc1cc(CNc2ccc([C@H]3CNCCO3)c(F)c2)cc(Cl)n1. The summed E-state index contributed by atoms with van der Waals surface area (Å²) < 4.78 is 19.9. The monoisotopic (exact) mass is 350 g/mol. The molecule has 0 aliphatic carbocycles. The lowest BCUT2D eigenvalue weighted by Crippen LogP contribution is -2.33. The Kier molecular flexibility index (Phi) is 5.63. The lowest BCUT2D eigenvalue weighted by molar-refractivity contribution is 0.0255. The van der Waals surface area contributed by atoms with Crippen LogP contribution in [0.3, 0.4) is 0 Å². The first-order valence-corrected chi connectivity index (χ1v) is 8.24. The average Bonchev–Trinajstić information content (AvgIpc) is 2.60. The zero-order chi connectivity index (χ0) is 16.9. The minimum absolute atomic E-state index is 0.237. The molecule has 0 saturated carbocycles. The van der Waals surface area contributed by atoms with Crippen LogP contribution in [0.2, 0.25) is 5.15 Å². The number of anilines is 1. The van der Waals surface area contributed by atoms with Gasteiger partial charge in [-0.3, -0.25) is 0 Å². The Balaban J connectivity index is 1.67. The third-order valence-electron chi connectivity index (χ3n) is 3.89. The molecule has 1 aliphatic rings. The van der Waals surface area contributed by atoms with Crippen molar-refractivity contribution in [1.82, 2.24) is 10.3 Å². The molecule has 0 amide bonds. The molecule has 0 radical (unpaired) electrons. The summed E-state index contributed by atoms with van der Waals surface area (Å²) in [5.41, 5.74) is 8.53. The second-order valence-corrected chi connectivity index (χ2v) is 6.03. The number of halogens is 2. The number of ether oxygens (including phenoxy) is 1. The molecule has 1 aromatic carbocycles. The summed E-state index contributed by atoms with van der Waals surface area (Å²) in [5, 5.41) is 6.79. The topological polar surface area (TPSA) is 72.2 Å². The van der Waals surface area contributed by atoms with Crippen molar-refractivity contribution < 1.29 is 9.13 Å². The Morgan fingerprint density at radius 1 is 1.38 bits per heavy atom. The van der Waals surface area contributed by atoms with Crippen molar-refractivity contribution in [3.63, 3.8) is 0 Å². The van der Waals surface area contributed by atoms with Crippen molar-refractivity contribution in [1.29, 1.82) is 0 Å². The van der Waals surface area contributed by atoms with Crippen LogP contribution in [0.4, 0.5) is 10.1 Å². The van der Waals surface area contributed by atoms with Crippen molar-refractivity contribution in [3.05, 3.63) is 58.1 Å². The number of nitrogens with zero attached hydrogens (tertiary/aromatic N) is 1. The van der Waals surface area contributed by atoms with Crippen molar-refractivity contribution in [3.8, 4) is 0 Å².